The van der Waals surface area contributed by atoms with Crippen LogP contribution in [0.1, 0.15) is 33.4 Å². The van der Waals surface area contributed by atoms with Gasteiger partial charge in [0.25, 0.3) is 5.56 Å². The van der Waals surface area contributed by atoms with Crippen molar-refractivity contribution in [2.75, 3.05) is 6.61 Å². The monoisotopic (exact) mass is 236 g/mol. The van der Waals surface area contributed by atoms with Gasteiger partial charge in [-0.15, -0.1) is 0 Å². The predicted molar refractivity (Wildman–Crippen MR) is 60.9 cm³/mol. The number of hydrogen-bond donors (Lipinski definition) is 0. The molecule has 0 amide bonds. The molecule has 0 aliphatic carbocycles. The molecule has 2 bridgehead atoms. The van der Waals surface area contributed by atoms with Crippen LogP contribution in [0.25, 0.3) is 0 Å². The van der Waals surface area contributed by atoms with Gasteiger partial charge >= 0.3 is 6.01 Å². The molecule has 2 atom stereocenters. The molecule has 5 heteroatoms. The van der Waals surface area contributed by atoms with Crippen molar-refractivity contribution in [3.05, 3.63) is 22.6 Å². The van der Waals surface area contributed by atoms with Gasteiger partial charge < -0.3 is 9.47 Å². The Morgan fingerprint density at radius 3 is 3.00 bits per heavy atom. The first kappa shape index (κ1) is 10.8. The molecule has 0 N–H and O–H groups in total. The average Bonchev–Trinajstić information content (AvgIpc) is 2.39. The third-order valence-corrected chi connectivity index (χ3v) is 4.10. The van der Waals surface area contributed by atoms with Crippen molar-refractivity contribution < 1.29 is 9.47 Å². The summed E-state index contributed by atoms with van der Waals surface area (Å²) in [4.78, 5) is 15.1. The maximum absolute atomic E-state index is 11.2. The molecule has 2 aliphatic rings. The predicted octanol–water partition coefficient (Wildman–Crippen LogP) is 1.34. The molecule has 3 rings (SSSR count). The molecule has 0 radical (unpaired) electrons. The summed E-state index contributed by atoms with van der Waals surface area (Å²) in [7, 11) is 0. The Hall–Kier alpha value is -1.36. The number of fused-ring (bicyclic) bond motifs is 4. The summed E-state index contributed by atoms with van der Waals surface area (Å²) in [6.45, 7) is 6.83. The van der Waals surface area contributed by atoms with E-state index in [9.17, 15) is 4.79 Å². The second-order valence-corrected chi connectivity index (χ2v) is 5.64. The van der Waals surface area contributed by atoms with E-state index in [1.54, 1.807) is 10.8 Å². The lowest BCUT2D eigenvalue weighted by atomic mass is 9.76. The molecular formula is C12H16N2O3. The minimum absolute atomic E-state index is 0.0402. The van der Waals surface area contributed by atoms with Crippen LogP contribution in [0.2, 0.25) is 0 Å². The van der Waals surface area contributed by atoms with Gasteiger partial charge in [0.05, 0.1) is 0 Å². The summed E-state index contributed by atoms with van der Waals surface area (Å²) < 4.78 is 13.5. The lowest BCUT2D eigenvalue weighted by Gasteiger charge is -2.35. The van der Waals surface area contributed by atoms with E-state index >= 15 is 0 Å². The van der Waals surface area contributed by atoms with Gasteiger partial charge in [0.1, 0.15) is 18.4 Å². The van der Waals surface area contributed by atoms with E-state index in [1.165, 1.54) is 6.07 Å². The lowest BCUT2D eigenvalue weighted by Crippen LogP contribution is -2.43. The molecule has 3 heterocycles. The van der Waals surface area contributed by atoms with Gasteiger partial charge in [0.2, 0.25) is 0 Å². The van der Waals surface area contributed by atoms with E-state index < -0.39 is 0 Å². The molecular weight excluding hydrogens is 220 g/mol. The molecule has 1 saturated heterocycles. The minimum Gasteiger partial charge on any atom is -0.461 e. The first-order chi connectivity index (χ1) is 7.91. The fourth-order valence-electron chi connectivity index (χ4n) is 2.46. The zero-order valence-electron chi connectivity index (χ0n) is 10.3. The van der Waals surface area contributed by atoms with Gasteiger partial charge in [0.15, 0.2) is 0 Å². The van der Waals surface area contributed by atoms with Gasteiger partial charge in [0, 0.05) is 24.1 Å². The summed E-state index contributed by atoms with van der Waals surface area (Å²) >= 11 is 0. The minimum atomic E-state index is -0.339. The summed E-state index contributed by atoms with van der Waals surface area (Å²) in [5.74, 6) is 0. The largest absolute Gasteiger partial charge is 0.461 e. The molecule has 2 aliphatic heterocycles. The standard InChI is InChI=1S/C12H16N2O3/c1-11(2)6-9-14-5-4-8(15)13-10(14)16-7-12(11,3)17-9/h4-5,9H,6-7H2,1-3H3/t9-,12-/m1/s1. The average molecular weight is 236 g/mol. The Morgan fingerprint density at radius 1 is 1.47 bits per heavy atom. The highest BCUT2D eigenvalue weighted by Gasteiger charge is 2.54. The van der Waals surface area contributed by atoms with E-state index in [4.69, 9.17) is 9.47 Å². The van der Waals surface area contributed by atoms with Crippen LogP contribution in [0, 0.1) is 5.41 Å². The SMILES string of the molecule is CC1(C)C[C@H]2O[C@]1(C)COc1nc(=O)ccn12. The van der Waals surface area contributed by atoms with Gasteiger partial charge in [-0.05, 0) is 6.92 Å². The molecule has 92 valence electrons. The summed E-state index contributed by atoms with van der Waals surface area (Å²) in [6.07, 6.45) is 2.49. The second kappa shape index (κ2) is 3.10. The van der Waals surface area contributed by atoms with Crippen LogP contribution in [-0.2, 0) is 4.74 Å². The van der Waals surface area contributed by atoms with Gasteiger partial charge in [-0.2, -0.15) is 4.98 Å². The number of aromatic nitrogens is 2. The summed E-state index contributed by atoms with van der Waals surface area (Å²) in [6, 6.07) is 1.80. The van der Waals surface area contributed by atoms with E-state index in [2.05, 4.69) is 25.8 Å². The van der Waals surface area contributed by atoms with Crippen LogP contribution in [0.5, 0.6) is 6.01 Å². The smallest absolute Gasteiger partial charge is 0.301 e. The highest BCUT2D eigenvalue weighted by Crippen LogP contribution is 2.51. The Bertz CT molecular complexity index is 523. The molecule has 0 aromatic carbocycles. The summed E-state index contributed by atoms with van der Waals surface area (Å²) in [5.41, 5.74) is -0.578. The van der Waals surface area contributed by atoms with Crippen molar-refractivity contribution in [2.45, 2.75) is 39.0 Å². The Kier molecular flexibility index (Phi) is 1.96. The van der Waals surface area contributed by atoms with Crippen LogP contribution >= 0.6 is 0 Å². The number of ether oxygens (including phenoxy) is 2. The van der Waals surface area contributed by atoms with Crippen molar-refractivity contribution in [3.63, 3.8) is 0 Å². The van der Waals surface area contributed by atoms with Crippen molar-refractivity contribution in [2.24, 2.45) is 5.41 Å². The van der Waals surface area contributed by atoms with E-state index in [1.807, 2.05) is 0 Å². The third-order valence-electron chi connectivity index (χ3n) is 4.10. The highest BCUT2D eigenvalue weighted by atomic mass is 16.6. The number of rotatable bonds is 0. The highest BCUT2D eigenvalue weighted by molar-refractivity contribution is 5.09. The molecule has 1 aromatic heterocycles. The molecule has 0 saturated carbocycles. The zero-order valence-corrected chi connectivity index (χ0v) is 10.3. The van der Waals surface area contributed by atoms with E-state index in [0.717, 1.165) is 6.42 Å². The number of hydrogen-bond acceptors (Lipinski definition) is 4. The fourth-order valence-corrected chi connectivity index (χ4v) is 2.46. The van der Waals surface area contributed by atoms with Crippen molar-refractivity contribution in [1.82, 2.24) is 9.55 Å². The molecule has 1 fully saturated rings. The van der Waals surface area contributed by atoms with Gasteiger partial charge in [-0.3, -0.25) is 9.36 Å². The van der Waals surface area contributed by atoms with Gasteiger partial charge in [-0.25, -0.2) is 0 Å². The van der Waals surface area contributed by atoms with E-state index in [-0.39, 0.29) is 22.8 Å². The maximum atomic E-state index is 11.2. The molecule has 1 aromatic rings. The molecule has 17 heavy (non-hydrogen) atoms. The Morgan fingerprint density at radius 2 is 2.24 bits per heavy atom. The van der Waals surface area contributed by atoms with Crippen LogP contribution in [-0.4, -0.2) is 21.8 Å². The van der Waals surface area contributed by atoms with Crippen molar-refractivity contribution in [3.8, 4) is 6.01 Å². The van der Waals surface area contributed by atoms with Crippen molar-refractivity contribution in [1.29, 1.82) is 0 Å². The van der Waals surface area contributed by atoms with E-state index in [0.29, 0.717) is 12.6 Å². The fraction of sp³-hybridized carbons (Fsp3) is 0.667. The van der Waals surface area contributed by atoms with Crippen LogP contribution in [0.15, 0.2) is 17.1 Å². The summed E-state index contributed by atoms with van der Waals surface area (Å²) in [5, 5.41) is 0. The Balaban J connectivity index is 2.11. The lowest BCUT2D eigenvalue weighted by molar-refractivity contribution is -0.0940. The molecule has 0 spiro atoms. The Labute approximate surface area is 99.4 Å². The third kappa shape index (κ3) is 1.42. The quantitative estimate of drug-likeness (QED) is 0.682. The van der Waals surface area contributed by atoms with Gasteiger partial charge in [-0.1, -0.05) is 13.8 Å². The van der Waals surface area contributed by atoms with Crippen LogP contribution in [0.3, 0.4) is 0 Å². The van der Waals surface area contributed by atoms with Crippen LogP contribution in [0.4, 0.5) is 0 Å². The first-order valence-corrected chi connectivity index (χ1v) is 5.81. The van der Waals surface area contributed by atoms with Crippen molar-refractivity contribution >= 4 is 0 Å². The first-order valence-electron chi connectivity index (χ1n) is 5.81. The molecule has 0 unspecified atom stereocenters. The van der Waals surface area contributed by atoms with Crippen LogP contribution < -0.4 is 10.3 Å². The normalized spacial score (nSPS) is 33.7. The molecule has 5 nitrogen and oxygen atoms in total. The zero-order chi connectivity index (χ0) is 12.3. The second-order valence-electron chi connectivity index (χ2n) is 5.64. The number of nitrogens with zero attached hydrogens (tertiary/aromatic N) is 2. The maximum Gasteiger partial charge on any atom is 0.301 e. The topological polar surface area (TPSA) is 53.4 Å².